The Balaban J connectivity index is 2.13. The molecular weight excluding hydrogens is 251 g/mol. The molecule has 2 N–H and O–H groups in total. The summed E-state index contributed by atoms with van der Waals surface area (Å²) in [4.78, 5) is 10.3. The molecule has 2 rings (SSSR count). The van der Waals surface area contributed by atoms with E-state index in [1.54, 1.807) is 0 Å². The van der Waals surface area contributed by atoms with Gasteiger partial charge in [0.15, 0.2) is 0 Å². The van der Waals surface area contributed by atoms with E-state index in [1.807, 2.05) is 0 Å². The van der Waals surface area contributed by atoms with Gasteiger partial charge in [0, 0.05) is 12.0 Å². The maximum Gasteiger partial charge on any atom is 0.295 e. The largest absolute Gasteiger partial charge is 0.396 e. The Morgan fingerprint density at radius 1 is 1.42 bits per heavy atom. The number of nitrogens with one attached hydrogen (secondary N) is 1. The van der Waals surface area contributed by atoms with Crippen molar-refractivity contribution in [3.63, 3.8) is 0 Å². The van der Waals surface area contributed by atoms with E-state index in [0.29, 0.717) is 12.2 Å². The molecule has 1 fully saturated rings. The van der Waals surface area contributed by atoms with Crippen molar-refractivity contribution in [3.05, 3.63) is 34.1 Å². The Labute approximate surface area is 110 Å². The number of nitrogens with zero attached hydrogens (tertiary/aromatic N) is 1. The SMILES string of the molecule is O=[N+]([O-])c1cc(F)ccc1NCC1(CO)CCCC1. The van der Waals surface area contributed by atoms with Crippen LogP contribution in [0.15, 0.2) is 18.2 Å². The fourth-order valence-corrected chi connectivity index (χ4v) is 2.60. The van der Waals surface area contributed by atoms with Crippen LogP contribution < -0.4 is 5.32 Å². The van der Waals surface area contributed by atoms with Crippen molar-refractivity contribution in [2.45, 2.75) is 25.7 Å². The topological polar surface area (TPSA) is 75.4 Å². The number of rotatable bonds is 5. The fourth-order valence-electron chi connectivity index (χ4n) is 2.60. The van der Waals surface area contributed by atoms with Gasteiger partial charge in [0.1, 0.15) is 11.5 Å². The quantitative estimate of drug-likeness (QED) is 0.636. The lowest BCUT2D eigenvalue weighted by atomic mass is 9.87. The number of hydrogen-bond acceptors (Lipinski definition) is 4. The van der Waals surface area contributed by atoms with Crippen LogP contribution in [0.5, 0.6) is 0 Å². The number of halogens is 1. The van der Waals surface area contributed by atoms with Crippen molar-refractivity contribution in [2.75, 3.05) is 18.5 Å². The number of nitro benzene ring substituents is 1. The van der Waals surface area contributed by atoms with Crippen LogP contribution in [-0.2, 0) is 0 Å². The first-order valence-corrected chi connectivity index (χ1v) is 6.35. The third-order valence-electron chi connectivity index (χ3n) is 3.81. The van der Waals surface area contributed by atoms with E-state index < -0.39 is 10.7 Å². The van der Waals surface area contributed by atoms with E-state index in [-0.39, 0.29) is 17.7 Å². The third kappa shape index (κ3) is 3.01. The molecule has 0 bridgehead atoms. The Bertz CT molecular complexity index is 473. The van der Waals surface area contributed by atoms with Crippen LogP contribution in [0.25, 0.3) is 0 Å². The second kappa shape index (κ2) is 5.52. The highest BCUT2D eigenvalue weighted by Gasteiger charge is 2.33. The molecule has 6 heteroatoms. The summed E-state index contributed by atoms with van der Waals surface area (Å²) >= 11 is 0. The summed E-state index contributed by atoms with van der Waals surface area (Å²) in [6.45, 7) is 0.533. The zero-order valence-electron chi connectivity index (χ0n) is 10.6. The van der Waals surface area contributed by atoms with Crippen molar-refractivity contribution in [1.29, 1.82) is 0 Å². The van der Waals surface area contributed by atoms with Crippen LogP contribution in [0.4, 0.5) is 15.8 Å². The predicted molar refractivity (Wildman–Crippen MR) is 69.5 cm³/mol. The highest BCUT2D eigenvalue weighted by molar-refractivity contribution is 5.61. The molecule has 19 heavy (non-hydrogen) atoms. The van der Waals surface area contributed by atoms with Crippen LogP contribution in [0.3, 0.4) is 0 Å². The minimum Gasteiger partial charge on any atom is -0.396 e. The average molecular weight is 268 g/mol. The van der Waals surface area contributed by atoms with Crippen molar-refractivity contribution >= 4 is 11.4 Å². The molecule has 0 spiro atoms. The van der Waals surface area contributed by atoms with Gasteiger partial charge in [0.25, 0.3) is 5.69 Å². The number of aliphatic hydroxyl groups excluding tert-OH is 1. The average Bonchev–Trinajstić information content (AvgIpc) is 2.86. The first-order chi connectivity index (χ1) is 9.06. The number of aliphatic hydroxyl groups is 1. The molecule has 104 valence electrons. The van der Waals surface area contributed by atoms with Crippen molar-refractivity contribution in [1.82, 2.24) is 0 Å². The summed E-state index contributed by atoms with van der Waals surface area (Å²) in [6, 6.07) is 3.46. The Hall–Kier alpha value is -1.69. The van der Waals surface area contributed by atoms with Gasteiger partial charge in [-0.15, -0.1) is 0 Å². The first kappa shape index (κ1) is 13.7. The monoisotopic (exact) mass is 268 g/mol. The van der Waals surface area contributed by atoms with E-state index in [4.69, 9.17) is 0 Å². The minimum absolute atomic E-state index is 0.0645. The van der Waals surface area contributed by atoms with Crippen LogP contribution >= 0.6 is 0 Å². The lowest BCUT2D eigenvalue weighted by Gasteiger charge is -2.27. The molecule has 0 saturated heterocycles. The molecule has 1 aliphatic rings. The van der Waals surface area contributed by atoms with Crippen LogP contribution in [0.2, 0.25) is 0 Å². The summed E-state index contributed by atoms with van der Waals surface area (Å²) in [5, 5.41) is 23.3. The summed E-state index contributed by atoms with van der Waals surface area (Å²) in [5.41, 5.74) is -0.181. The predicted octanol–water partition coefficient (Wildman–Crippen LogP) is 2.70. The highest BCUT2D eigenvalue weighted by atomic mass is 19.1. The van der Waals surface area contributed by atoms with Gasteiger partial charge in [-0.05, 0) is 25.0 Å². The smallest absolute Gasteiger partial charge is 0.295 e. The van der Waals surface area contributed by atoms with Gasteiger partial charge in [0.05, 0.1) is 17.6 Å². The number of hydrogen-bond donors (Lipinski definition) is 2. The third-order valence-corrected chi connectivity index (χ3v) is 3.81. The molecule has 0 atom stereocenters. The molecule has 0 radical (unpaired) electrons. The Kier molecular flexibility index (Phi) is 3.99. The van der Waals surface area contributed by atoms with Crippen molar-refractivity contribution in [2.24, 2.45) is 5.41 Å². The molecule has 0 aromatic heterocycles. The number of benzene rings is 1. The minimum atomic E-state index is -0.630. The zero-order chi connectivity index (χ0) is 13.9. The summed E-state index contributed by atoms with van der Waals surface area (Å²) in [6.07, 6.45) is 3.94. The molecule has 1 aromatic rings. The van der Waals surface area contributed by atoms with Gasteiger partial charge in [-0.2, -0.15) is 0 Å². The maximum absolute atomic E-state index is 13.0. The van der Waals surface area contributed by atoms with Crippen LogP contribution in [-0.4, -0.2) is 23.2 Å². The van der Waals surface area contributed by atoms with Crippen LogP contribution in [0, 0.1) is 21.3 Å². The molecule has 5 nitrogen and oxygen atoms in total. The number of anilines is 1. The number of nitro groups is 1. The van der Waals surface area contributed by atoms with Crippen molar-refractivity contribution in [3.8, 4) is 0 Å². The van der Waals surface area contributed by atoms with Gasteiger partial charge >= 0.3 is 0 Å². The lowest BCUT2D eigenvalue weighted by Crippen LogP contribution is -2.30. The van der Waals surface area contributed by atoms with E-state index >= 15 is 0 Å². The lowest BCUT2D eigenvalue weighted by molar-refractivity contribution is -0.384. The van der Waals surface area contributed by atoms with Gasteiger partial charge in [-0.1, -0.05) is 12.8 Å². The second-order valence-corrected chi connectivity index (χ2v) is 5.14. The summed E-state index contributed by atoms with van der Waals surface area (Å²) in [5.74, 6) is -0.630. The maximum atomic E-state index is 13.0. The van der Waals surface area contributed by atoms with E-state index in [0.717, 1.165) is 31.7 Å². The van der Waals surface area contributed by atoms with E-state index in [9.17, 15) is 19.6 Å². The molecule has 1 aliphatic carbocycles. The van der Waals surface area contributed by atoms with E-state index in [2.05, 4.69) is 5.32 Å². The molecule has 0 unspecified atom stereocenters. The van der Waals surface area contributed by atoms with Crippen LogP contribution in [0.1, 0.15) is 25.7 Å². The highest BCUT2D eigenvalue weighted by Crippen LogP contribution is 2.38. The molecular formula is C13H17FN2O3. The molecule has 0 heterocycles. The Morgan fingerprint density at radius 2 is 2.11 bits per heavy atom. The van der Waals surface area contributed by atoms with Gasteiger partial charge in [-0.3, -0.25) is 10.1 Å². The van der Waals surface area contributed by atoms with Gasteiger partial charge < -0.3 is 10.4 Å². The first-order valence-electron chi connectivity index (χ1n) is 6.35. The van der Waals surface area contributed by atoms with Crippen molar-refractivity contribution < 1.29 is 14.4 Å². The summed E-state index contributed by atoms with van der Waals surface area (Å²) in [7, 11) is 0. The van der Waals surface area contributed by atoms with E-state index in [1.165, 1.54) is 12.1 Å². The molecule has 1 aromatic carbocycles. The molecule has 0 aliphatic heterocycles. The zero-order valence-corrected chi connectivity index (χ0v) is 10.6. The van der Waals surface area contributed by atoms with Gasteiger partial charge in [-0.25, -0.2) is 4.39 Å². The van der Waals surface area contributed by atoms with Gasteiger partial charge in [0.2, 0.25) is 0 Å². The molecule has 0 amide bonds. The fraction of sp³-hybridized carbons (Fsp3) is 0.538. The molecule has 1 saturated carbocycles. The summed E-state index contributed by atoms with van der Waals surface area (Å²) < 4.78 is 13.0. The second-order valence-electron chi connectivity index (χ2n) is 5.14. The standard InChI is InChI=1S/C13H17FN2O3/c14-10-3-4-11(12(7-10)16(18)19)15-8-13(9-17)5-1-2-6-13/h3-4,7,15,17H,1-2,5-6,8-9H2. The Morgan fingerprint density at radius 3 is 2.68 bits per heavy atom. The normalized spacial score (nSPS) is 17.4.